The molecule has 0 atom stereocenters. The van der Waals surface area contributed by atoms with E-state index in [-0.39, 0.29) is 31.6 Å². The smallest absolute Gasteiger partial charge is 0.155 e. The molecule has 1 heterocycles. The van der Waals surface area contributed by atoms with Gasteiger partial charge in [-0.3, -0.25) is 9.78 Å². The molecule has 5 heteroatoms. The summed E-state index contributed by atoms with van der Waals surface area (Å²) in [6, 6.07) is 19.3. The normalized spacial score (nSPS) is 10.3. The summed E-state index contributed by atoms with van der Waals surface area (Å²) in [6.45, 7) is 4.80. The van der Waals surface area contributed by atoms with E-state index in [0.717, 1.165) is 28.1 Å². The third-order valence-electron chi connectivity index (χ3n) is 3.39. The molecule has 0 saturated heterocycles. The van der Waals surface area contributed by atoms with E-state index in [4.69, 9.17) is 5.11 Å². The number of benzene rings is 2. The molecule has 0 amide bonds. The molecule has 1 aromatic heterocycles. The molecule has 141 valence electrons. The molecule has 0 aliphatic rings. The van der Waals surface area contributed by atoms with Crippen molar-refractivity contribution in [2.45, 2.75) is 20.8 Å². The summed E-state index contributed by atoms with van der Waals surface area (Å²) in [5, 5.41) is 8.36. The van der Waals surface area contributed by atoms with E-state index < -0.39 is 0 Å². The quantitative estimate of drug-likeness (QED) is 0.292. The van der Waals surface area contributed by atoms with Crippen molar-refractivity contribution in [2.24, 2.45) is 0 Å². The van der Waals surface area contributed by atoms with E-state index in [1.807, 2.05) is 37.3 Å². The average molecular weight is 538 g/mol. The zero-order chi connectivity index (χ0) is 18.9. The van der Waals surface area contributed by atoms with Crippen molar-refractivity contribution in [1.29, 1.82) is 0 Å². The van der Waals surface area contributed by atoms with Crippen LogP contribution >= 0.6 is 0 Å². The SMILES string of the molecule is CC(=O)/C=C(/C)O.Cc1cncc(-c2ccccc2-c2c[c-]ccc2)n1.[Ir]. The number of aliphatic hydroxyl groups is 1. The van der Waals surface area contributed by atoms with Gasteiger partial charge in [0.15, 0.2) is 5.78 Å². The number of aromatic nitrogens is 2. The predicted octanol–water partition coefficient (Wildman–Crippen LogP) is 4.95. The van der Waals surface area contributed by atoms with Gasteiger partial charge < -0.3 is 5.11 Å². The van der Waals surface area contributed by atoms with Crippen molar-refractivity contribution in [3.8, 4) is 22.4 Å². The van der Waals surface area contributed by atoms with Crippen LogP contribution in [0.25, 0.3) is 22.4 Å². The number of aliphatic hydroxyl groups excluding tert-OH is 1. The van der Waals surface area contributed by atoms with Gasteiger partial charge in [0.2, 0.25) is 0 Å². The number of carbonyl (C=O) groups is 1. The van der Waals surface area contributed by atoms with Gasteiger partial charge in [-0.2, -0.15) is 30.3 Å². The third-order valence-corrected chi connectivity index (χ3v) is 3.39. The first-order chi connectivity index (χ1) is 12.5. The Morgan fingerprint density at radius 2 is 1.78 bits per heavy atom. The second kappa shape index (κ2) is 11.2. The molecule has 3 rings (SSSR count). The molecule has 0 aliphatic carbocycles. The van der Waals surface area contributed by atoms with Crippen LogP contribution in [0.4, 0.5) is 0 Å². The van der Waals surface area contributed by atoms with Crippen molar-refractivity contribution < 1.29 is 30.0 Å². The van der Waals surface area contributed by atoms with Gasteiger partial charge in [-0.05, 0) is 26.3 Å². The van der Waals surface area contributed by atoms with Gasteiger partial charge in [0.1, 0.15) is 0 Å². The Bertz CT molecular complexity index is 905. The monoisotopic (exact) mass is 538 g/mol. The molecular weight excluding hydrogens is 516 g/mol. The molecule has 1 N–H and O–H groups in total. The largest absolute Gasteiger partial charge is 0.512 e. The molecular formula is C22H21IrN2O2-. The van der Waals surface area contributed by atoms with Crippen LogP contribution in [-0.4, -0.2) is 20.9 Å². The minimum Gasteiger partial charge on any atom is -0.512 e. The Morgan fingerprint density at radius 1 is 1.07 bits per heavy atom. The van der Waals surface area contributed by atoms with Crippen LogP contribution in [0.2, 0.25) is 0 Å². The van der Waals surface area contributed by atoms with Crippen LogP contribution in [0, 0.1) is 13.0 Å². The maximum atomic E-state index is 10.0. The van der Waals surface area contributed by atoms with Crippen molar-refractivity contribution >= 4 is 5.78 Å². The summed E-state index contributed by atoms with van der Waals surface area (Å²) in [4.78, 5) is 18.8. The van der Waals surface area contributed by atoms with Crippen LogP contribution in [0.5, 0.6) is 0 Å². The number of rotatable bonds is 3. The fourth-order valence-electron chi connectivity index (χ4n) is 2.41. The maximum absolute atomic E-state index is 10.0. The zero-order valence-corrected chi connectivity index (χ0v) is 17.8. The van der Waals surface area contributed by atoms with E-state index >= 15 is 0 Å². The summed E-state index contributed by atoms with van der Waals surface area (Å²) in [6.07, 6.45) is 4.74. The molecule has 0 saturated carbocycles. The molecule has 2 aromatic carbocycles. The van der Waals surface area contributed by atoms with Gasteiger partial charge in [-0.15, -0.1) is 5.56 Å². The Morgan fingerprint density at radius 3 is 2.30 bits per heavy atom. The minimum atomic E-state index is -0.125. The van der Waals surface area contributed by atoms with Gasteiger partial charge in [0.25, 0.3) is 0 Å². The topological polar surface area (TPSA) is 63.1 Å². The van der Waals surface area contributed by atoms with Crippen LogP contribution in [0.3, 0.4) is 0 Å². The third kappa shape index (κ3) is 7.25. The summed E-state index contributed by atoms with van der Waals surface area (Å²) < 4.78 is 0. The molecule has 0 fully saturated rings. The molecule has 0 spiro atoms. The zero-order valence-electron chi connectivity index (χ0n) is 15.4. The Balaban J connectivity index is 0.000000395. The van der Waals surface area contributed by atoms with Crippen LogP contribution in [0.15, 0.2) is 72.8 Å². The summed E-state index contributed by atoms with van der Waals surface area (Å²) in [7, 11) is 0. The van der Waals surface area contributed by atoms with Crippen molar-refractivity contribution in [3.63, 3.8) is 0 Å². The molecule has 27 heavy (non-hydrogen) atoms. The fraction of sp³-hybridized carbons (Fsp3) is 0.136. The number of ketones is 1. The second-order valence-corrected chi connectivity index (χ2v) is 5.78. The fourth-order valence-corrected chi connectivity index (χ4v) is 2.41. The van der Waals surface area contributed by atoms with Gasteiger partial charge in [-0.1, -0.05) is 29.8 Å². The van der Waals surface area contributed by atoms with Crippen molar-refractivity contribution in [3.05, 3.63) is 84.5 Å². The number of nitrogens with zero attached hydrogens (tertiary/aromatic N) is 2. The summed E-state index contributed by atoms with van der Waals surface area (Å²) in [5.74, 6) is -0.0625. The molecule has 3 aromatic rings. The van der Waals surface area contributed by atoms with Crippen LogP contribution in [-0.2, 0) is 24.9 Å². The summed E-state index contributed by atoms with van der Waals surface area (Å²) in [5.41, 5.74) is 5.21. The summed E-state index contributed by atoms with van der Waals surface area (Å²) >= 11 is 0. The average Bonchev–Trinajstić information content (AvgIpc) is 2.62. The first kappa shape index (κ1) is 22.4. The number of hydrogen-bond donors (Lipinski definition) is 1. The minimum absolute atomic E-state index is 0. The maximum Gasteiger partial charge on any atom is 0.155 e. The second-order valence-electron chi connectivity index (χ2n) is 5.78. The molecule has 1 radical (unpaired) electrons. The number of hydrogen-bond acceptors (Lipinski definition) is 4. The van der Waals surface area contributed by atoms with Crippen LogP contribution in [0.1, 0.15) is 19.5 Å². The number of allylic oxidation sites excluding steroid dienone is 2. The van der Waals surface area contributed by atoms with Gasteiger partial charge >= 0.3 is 0 Å². The van der Waals surface area contributed by atoms with Crippen molar-refractivity contribution in [2.75, 3.05) is 0 Å². The molecule has 0 unspecified atom stereocenters. The molecule has 4 nitrogen and oxygen atoms in total. The van der Waals surface area contributed by atoms with Gasteiger partial charge in [-0.25, -0.2) is 4.98 Å². The van der Waals surface area contributed by atoms with E-state index in [2.05, 4.69) is 34.2 Å². The Hall–Kier alpha value is -2.62. The number of aryl methyl sites for hydroxylation is 1. The van der Waals surface area contributed by atoms with E-state index in [1.165, 1.54) is 19.9 Å². The van der Waals surface area contributed by atoms with E-state index in [9.17, 15) is 4.79 Å². The first-order valence-corrected chi connectivity index (χ1v) is 8.19. The van der Waals surface area contributed by atoms with Gasteiger partial charge in [0, 0.05) is 32.4 Å². The standard InChI is InChI=1S/C17H13N2.C5H8O2.Ir/c1-13-11-18-12-17(19-13)16-10-6-5-9-15(16)14-7-3-2-4-8-14;1-4(6)3-5(2)7;/h2-3,5-12H,1H3;3,6H,1-2H3;/q-1;;/b;4-3-;. The Labute approximate surface area is 173 Å². The Kier molecular flexibility index (Phi) is 9.27. The predicted molar refractivity (Wildman–Crippen MR) is 104 cm³/mol. The van der Waals surface area contributed by atoms with Crippen molar-refractivity contribution in [1.82, 2.24) is 9.97 Å². The molecule has 0 aliphatic heterocycles. The first-order valence-electron chi connectivity index (χ1n) is 8.19. The van der Waals surface area contributed by atoms with E-state index in [1.54, 1.807) is 12.4 Å². The van der Waals surface area contributed by atoms with Gasteiger partial charge in [0.05, 0.1) is 23.3 Å². The molecule has 0 bridgehead atoms. The number of carbonyl (C=O) groups excluding carboxylic acids is 1. The van der Waals surface area contributed by atoms with E-state index in [0.29, 0.717) is 0 Å². The van der Waals surface area contributed by atoms with Crippen LogP contribution < -0.4 is 0 Å².